The van der Waals surface area contributed by atoms with Crippen LogP contribution in [-0.2, 0) is 13.6 Å². The molecule has 2 aromatic carbocycles. The Morgan fingerprint density at radius 1 is 0.952 bits per heavy atom. The van der Waals surface area contributed by atoms with Gasteiger partial charge in [0.05, 0.1) is 18.9 Å². The van der Waals surface area contributed by atoms with E-state index in [0.29, 0.717) is 13.2 Å². The molecule has 0 amide bonds. The van der Waals surface area contributed by atoms with Gasteiger partial charge in [-0.05, 0) is 36.6 Å². The van der Waals surface area contributed by atoms with E-state index in [9.17, 15) is 4.57 Å². The molecule has 1 atom stereocenters. The lowest BCUT2D eigenvalue weighted by Gasteiger charge is -2.26. The summed E-state index contributed by atoms with van der Waals surface area (Å²) < 4.78 is 24.1. The van der Waals surface area contributed by atoms with Crippen LogP contribution in [0.4, 0.5) is 0 Å². The lowest BCUT2D eigenvalue weighted by molar-refractivity contribution is 0.211. The van der Waals surface area contributed by atoms with Gasteiger partial charge < -0.3 is 9.05 Å². The maximum absolute atomic E-state index is 13.0. The van der Waals surface area contributed by atoms with Crippen molar-refractivity contribution in [2.24, 2.45) is 0 Å². The Labute approximate surface area is 126 Å². The van der Waals surface area contributed by atoms with Gasteiger partial charge in [0, 0.05) is 0 Å². The molecule has 0 heterocycles. The van der Waals surface area contributed by atoms with Crippen molar-refractivity contribution in [3.63, 3.8) is 0 Å². The SMILES string of the molecule is CCOP(=O)(OCC)[C@H](CC)c1ccc2ccccc2c1. The minimum Gasteiger partial charge on any atom is -0.308 e. The van der Waals surface area contributed by atoms with Gasteiger partial charge in [0.15, 0.2) is 0 Å². The second-order valence-corrected chi connectivity index (χ2v) is 7.13. The Balaban J connectivity index is 2.44. The number of rotatable bonds is 7. The summed E-state index contributed by atoms with van der Waals surface area (Å²) in [6, 6.07) is 14.4. The van der Waals surface area contributed by atoms with Crippen LogP contribution >= 0.6 is 7.60 Å². The van der Waals surface area contributed by atoms with Crippen LogP contribution in [-0.4, -0.2) is 13.2 Å². The van der Waals surface area contributed by atoms with E-state index in [1.54, 1.807) is 0 Å². The molecule has 0 saturated carbocycles. The average Bonchev–Trinajstić information content (AvgIpc) is 2.48. The van der Waals surface area contributed by atoms with Crippen LogP contribution in [0.5, 0.6) is 0 Å². The molecule has 0 N–H and O–H groups in total. The summed E-state index contributed by atoms with van der Waals surface area (Å²) in [5, 5.41) is 2.33. The van der Waals surface area contributed by atoms with Crippen molar-refractivity contribution >= 4 is 18.4 Å². The Kier molecular flexibility index (Phi) is 5.58. The summed E-state index contributed by atoms with van der Waals surface area (Å²) in [6.45, 7) is 6.49. The molecule has 0 saturated heterocycles. The molecular formula is C17H23O3P. The van der Waals surface area contributed by atoms with Crippen molar-refractivity contribution in [2.45, 2.75) is 32.9 Å². The first-order valence-corrected chi connectivity index (χ1v) is 9.13. The smallest absolute Gasteiger partial charge is 0.308 e. The fraction of sp³-hybridized carbons (Fsp3) is 0.412. The lowest BCUT2D eigenvalue weighted by atomic mass is 10.0. The molecule has 0 radical (unpaired) electrons. The Hall–Kier alpha value is -1.15. The van der Waals surface area contributed by atoms with Gasteiger partial charge >= 0.3 is 7.60 Å². The Bertz CT molecular complexity index is 629. The minimum atomic E-state index is -3.13. The lowest BCUT2D eigenvalue weighted by Crippen LogP contribution is -2.06. The largest absolute Gasteiger partial charge is 0.338 e. The zero-order valence-corrected chi connectivity index (χ0v) is 13.8. The van der Waals surface area contributed by atoms with Gasteiger partial charge in [-0.2, -0.15) is 0 Å². The van der Waals surface area contributed by atoms with E-state index in [2.05, 4.69) is 24.3 Å². The van der Waals surface area contributed by atoms with Crippen LogP contribution in [0.1, 0.15) is 38.4 Å². The van der Waals surface area contributed by atoms with Crippen LogP contribution in [0.3, 0.4) is 0 Å². The monoisotopic (exact) mass is 306 g/mol. The highest BCUT2D eigenvalue weighted by molar-refractivity contribution is 7.54. The predicted molar refractivity (Wildman–Crippen MR) is 87.8 cm³/mol. The highest BCUT2D eigenvalue weighted by atomic mass is 31.2. The molecule has 21 heavy (non-hydrogen) atoms. The molecule has 0 bridgehead atoms. The molecule has 0 fully saturated rings. The van der Waals surface area contributed by atoms with Crippen molar-refractivity contribution in [3.8, 4) is 0 Å². The maximum Gasteiger partial charge on any atom is 0.338 e. The van der Waals surface area contributed by atoms with Gasteiger partial charge in [-0.1, -0.05) is 49.4 Å². The maximum atomic E-state index is 13.0. The molecule has 0 aliphatic heterocycles. The highest BCUT2D eigenvalue weighted by Gasteiger charge is 2.35. The van der Waals surface area contributed by atoms with E-state index in [1.165, 1.54) is 5.39 Å². The van der Waals surface area contributed by atoms with E-state index in [0.717, 1.165) is 17.4 Å². The highest BCUT2D eigenvalue weighted by Crippen LogP contribution is 2.62. The zero-order valence-electron chi connectivity index (χ0n) is 12.9. The molecule has 3 nitrogen and oxygen atoms in total. The third-order valence-corrected chi connectivity index (χ3v) is 6.21. The number of benzene rings is 2. The van der Waals surface area contributed by atoms with Gasteiger partial charge in [-0.25, -0.2) is 0 Å². The molecule has 2 aromatic rings. The Morgan fingerprint density at radius 3 is 2.14 bits per heavy atom. The number of hydrogen-bond donors (Lipinski definition) is 0. The van der Waals surface area contributed by atoms with Crippen LogP contribution in [0, 0.1) is 0 Å². The van der Waals surface area contributed by atoms with E-state index >= 15 is 0 Å². The van der Waals surface area contributed by atoms with Crippen LogP contribution in [0.25, 0.3) is 10.8 Å². The van der Waals surface area contributed by atoms with Gasteiger partial charge in [-0.3, -0.25) is 4.57 Å². The van der Waals surface area contributed by atoms with E-state index in [4.69, 9.17) is 9.05 Å². The Morgan fingerprint density at radius 2 is 1.57 bits per heavy atom. The summed E-state index contributed by atoms with van der Waals surface area (Å²) in [5.41, 5.74) is 0.795. The van der Waals surface area contributed by atoms with Gasteiger partial charge in [0.2, 0.25) is 0 Å². The van der Waals surface area contributed by atoms with Crippen molar-refractivity contribution in [3.05, 3.63) is 48.0 Å². The third-order valence-electron chi connectivity index (χ3n) is 3.54. The van der Waals surface area contributed by atoms with Crippen molar-refractivity contribution in [1.29, 1.82) is 0 Å². The van der Waals surface area contributed by atoms with E-state index in [1.807, 2.05) is 39.0 Å². The first-order chi connectivity index (χ1) is 10.1. The molecule has 2 rings (SSSR count). The summed E-state index contributed by atoms with van der Waals surface area (Å²) >= 11 is 0. The van der Waals surface area contributed by atoms with Gasteiger partial charge in [-0.15, -0.1) is 0 Å². The van der Waals surface area contributed by atoms with Crippen LogP contribution in [0.2, 0.25) is 0 Å². The second kappa shape index (κ2) is 7.22. The normalized spacial score (nSPS) is 13.5. The van der Waals surface area contributed by atoms with Gasteiger partial charge in [0.1, 0.15) is 0 Å². The molecule has 114 valence electrons. The van der Waals surface area contributed by atoms with Crippen LogP contribution in [0.15, 0.2) is 42.5 Å². The van der Waals surface area contributed by atoms with E-state index < -0.39 is 7.60 Å². The molecule has 0 spiro atoms. The predicted octanol–water partition coefficient (Wildman–Crippen LogP) is 5.56. The molecule has 0 unspecified atom stereocenters. The zero-order chi connectivity index (χ0) is 15.3. The van der Waals surface area contributed by atoms with E-state index in [-0.39, 0.29) is 5.66 Å². The topological polar surface area (TPSA) is 35.5 Å². The van der Waals surface area contributed by atoms with Crippen LogP contribution < -0.4 is 0 Å². The fourth-order valence-corrected chi connectivity index (χ4v) is 4.76. The van der Waals surface area contributed by atoms with Crippen molar-refractivity contribution < 1.29 is 13.6 Å². The summed E-state index contributed by atoms with van der Waals surface area (Å²) in [7, 11) is -3.13. The standard InChI is InChI=1S/C17H23O3P/c1-4-17(21(18,19-5-2)20-6-3)16-12-11-14-9-7-8-10-15(14)13-16/h7-13,17H,4-6H2,1-3H3/t17-/m1/s1. The second-order valence-electron chi connectivity index (χ2n) is 4.91. The average molecular weight is 306 g/mol. The molecular weight excluding hydrogens is 283 g/mol. The van der Waals surface area contributed by atoms with Crippen molar-refractivity contribution in [1.82, 2.24) is 0 Å². The quantitative estimate of drug-likeness (QED) is 0.628. The molecule has 0 aliphatic carbocycles. The molecule has 0 aromatic heterocycles. The first kappa shape index (κ1) is 16.2. The molecule has 0 aliphatic rings. The summed E-state index contributed by atoms with van der Waals surface area (Å²) in [6.07, 6.45) is 0.718. The molecule has 4 heteroatoms. The fourth-order valence-electron chi connectivity index (χ4n) is 2.63. The minimum absolute atomic E-state index is 0.220. The summed E-state index contributed by atoms with van der Waals surface area (Å²) in [4.78, 5) is 0. The van der Waals surface area contributed by atoms with Crippen molar-refractivity contribution in [2.75, 3.05) is 13.2 Å². The number of hydrogen-bond acceptors (Lipinski definition) is 3. The van der Waals surface area contributed by atoms with Gasteiger partial charge in [0.25, 0.3) is 0 Å². The summed E-state index contributed by atoms with van der Waals surface area (Å²) in [5.74, 6) is 0. The third kappa shape index (κ3) is 3.55. The first-order valence-electron chi connectivity index (χ1n) is 7.52. The number of fused-ring (bicyclic) bond motifs is 1.